The van der Waals surface area contributed by atoms with Crippen LogP contribution in [0.25, 0.3) is 6.08 Å². The molecule has 0 radical (unpaired) electrons. The van der Waals surface area contributed by atoms with E-state index in [0.717, 1.165) is 44.3 Å². The van der Waals surface area contributed by atoms with E-state index in [1.165, 1.54) is 34.0 Å². The van der Waals surface area contributed by atoms with Crippen LogP contribution in [0.4, 0.5) is 0 Å². The molecule has 1 aliphatic carbocycles. The van der Waals surface area contributed by atoms with Gasteiger partial charge in [-0.2, -0.15) is 0 Å². The van der Waals surface area contributed by atoms with E-state index >= 15 is 0 Å². The lowest BCUT2D eigenvalue weighted by atomic mass is 9.92. The summed E-state index contributed by atoms with van der Waals surface area (Å²) < 4.78 is 6.25. The Kier molecular flexibility index (Phi) is 8.09. The first-order chi connectivity index (χ1) is 16.2. The van der Waals surface area contributed by atoms with E-state index in [0.29, 0.717) is 6.61 Å². The zero-order chi connectivity index (χ0) is 22.9. The Morgan fingerprint density at radius 1 is 1.12 bits per heavy atom. The summed E-state index contributed by atoms with van der Waals surface area (Å²) in [5, 5.41) is 12.0. The molecule has 172 valence electrons. The number of amides is 1. The molecule has 2 aromatic carbocycles. The van der Waals surface area contributed by atoms with Crippen LogP contribution in [0.2, 0.25) is 0 Å². The van der Waals surface area contributed by atoms with Gasteiger partial charge in [0.15, 0.2) is 0 Å². The van der Waals surface area contributed by atoms with Gasteiger partial charge in [0.05, 0.1) is 12.7 Å². The van der Waals surface area contributed by atoms with Gasteiger partial charge in [-0.3, -0.25) is 10.0 Å². The number of fused-ring (bicyclic) bond motifs is 1. The Hall–Kier alpha value is -3.19. The van der Waals surface area contributed by atoms with Crippen molar-refractivity contribution in [2.24, 2.45) is 0 Å². The maximum absolute atomic E-state index is 11.1. The lowest BCUT2D eigenvalue weighted by molar-refractivity contribution is -0.124. The monoisotopic (exact) mass is 445 g/mol. The van der Waals surface area contributed by atoms with E-state index in [-0.39, 0.29) is 6.10 Å². The van der Waals surface area contributed by atoms with Gasteiger partial charge in [0.2, 0.25) is 0 Å². The third-order valence-corrected chi connectivity index (χ3v) is 6.04. The van der Waals surface area contributed by atoms with Gasteiger partial charge in [-0.25, -0.2) is 5.48 Å². The average molecular weight is 446 g/mol. The molecule has 1 aromatic heterocycles. The number of hydrogen-bond acceptors (Lipinski definition) is 4. The molecule has 3 aromatic rings. The van der Waals surface area contributed by atoms with Gasteiger partial charge in [0.1, 0.15) is 0 Å². The number of benzene rings is 2. The van der Waals surface area contributed by atoms with Gasteiger partial charge >= 0.3 is 0 Å². The van der Waals surface area contributed by atoms with Crippen molar-refractivity contribution in [2.75, 3.05) is 6.54 Å². The van der Waals surface area contributed by atoms with Gasteiger partial charge in [-0.1, -0.05) is 54.6 Å². The Labute approximate surface area is 194 Å². The molecule has 0 saturated carbocycles. The van der Waals surface area contributed by atoms with E-state index in [2.05, 4.69) is 40.8 Å². The summed E-state index contributed by atoms with van der Waals surface area (Å²) in [6, 6.07) is 18.3. The molecule has 6 nitrogen and oxygen atoms in total. The fraction of sp³-hybridized carbons (Fsp3) is 0.296. The first-order valence-electron chi connectivity index (χ1n) is 11.5. The Morgan fingerprint density at radius 2 is 1.94 bits per heavy atom. The quantitative estimate of drug-likeness (QED) is 0.161. The number of ether oxygens (including phenoxy) is 1. The van der Waals surface area contributed by atoms with Gasteiger partial charge in [-0.15, -0.1) is 0 Å². The van der Waals surface area contributed by atoms with Crippen molar-refractivity contribution in [1.82, 2.24) is 15.8 Å². The Bertz CT molecular complexity index is 1060. The summed E-state index contributed by atoms with van der Waals surface area (Å²) in [4.78, 5) is 14.6. The smallest absolute Gasteiger partial charge is 0.267 e. The molecule has 1 heterocycles. The van der Waals surface area contributed by atoms with Gasteiger partial charge in [0, 0.05) is 24.5 Å². The van der Waals surface area contributed by atoms with Crippen LogP contribution in [0.5, 0.6) is 0 Å². The molecule has 4 rings (SSSR count). The van der Waals surface area contributed by atoms with Crippen molar-refractivity contribution < 1.29 is 14.7 Å². The molecule has 6 heteroatoms. The number of hydrogen-bond donors (Lipinski definition) is 4. The van der Waals surface area contributed by atoms with Crippen molar-refractivity contribution in [2.45, 2.75) is 44.9 Å². The summed E-state index contributed by atoms with van der Waals surface area (Å²) in [6.07, 6.45) is 9.57. The minimum absolute atomic E-state index is 0.145. The van der Waals surface area contributed by atoms with E-state index in [1.54, 1.807) is 11.6 Å². The van der Waals surface area contributed by atoms with Gasteiger partial charge in [-0.05, 0) is 66.1 Å². The van der Waals surface area contributed by atoms with Gasteiger partial charge < -0.3 is 15.0 Å². The molecule has 0 fully saturated rings. The predicted molar refractivity (Wildman–Crippen MR) is 129 cm³/mol. The average Bonchev–Trinajstić information content (AvgIpc) is 3.29. The second-order valence-electron chi connectivity index (χ2n) is 8.36. The van der Waals surface area contributed by atoms with Crippen LogP contribution in [0.1, 0.15) is 52.5 Å². The zero-order valence-electron chi connectivity index (χ0n) is 18.7. The van der Waals surface area contributed by atoms with E-state index < -0.39 is 5.91 Å². The first kappa shape index (κ1) is 23.0. The molecule has 1 amide bonds. The van der Waals surface area contributed by atoms with Crippen molar-refractivity contribution in [3.05, 3.63) is 100 Å². The van der Waals surface area contributed by atoms with Crippen LogP contribution >= 0.6 is 0 Å². The molecular weight excluding hydrogens is 414 g/mol. The number of rotatable bonds is 10. The lowest BCUT2D eigenvalue weighted by Crippen LogP contribution is -2.18. The highest BCUT2D eigenvalue weighted by Crippen LogP contribution is 2.34. The molecule has 0 spiro atoms. The highest BCUT2D eigenvalue weighted by molar-refractivity contribution is 5.90. The summed E-state index contributed by atoms with van der Waals surface area (Å²) in [6.45, 7) is 2.33. The van der Waals surface area contributed by atoms with Crippen LogP contribution in [0.15, 0.2) is 66.9 Å². The second kappa shape index (κ2) is 11.6. The van der Waals surface area contributed by atoms with Crippen LogP contribution in [-0.4, -0.2) is 22.6 Å². The highest BCUT2D eigenvalue weighted by Gasteiger charge is 2.24. The van der Waals surface area contributed by atoms with E-state index in [1.807, 2.05) is 30.3 Å². The van der Waals surface area contributed by atoms with Crippen molar-refractivity contribution in [3.8, 4) is 0 Å². The number of carbonyl (C=O) groups is 1. The summed E-state index contributed by atoms with van der Waals surface area (Å²) >= 11 is 0. The summed E-state index contributed by atoms with van der Waals surface area (Å²) in [5.41, 5.74) is 8.95. The molecule has 1 aliphatic rings. The van der Waals surface area contributed by atoms with Crippen LogP contribution in [0.3, 0.4) is 0 Å². The third-order valence-electron chi connectivity index (χ3n) is 6.04. The summed E-state index contributed by atoms with van der Waals surface area (Å²) in [7, 11) is 0. The maximum Gasteiger partial charge on any atom is 0.267 e. The third kappa shape index (κ3) is 6.42. The van der Waals surface area contributed by atoms with Crippen LogP contribution in [0, 0.1) is 0 Å². The van der Waals surface area contributed by atoms with Crippen molar-refractivity contribution >= 4 is 12.0 Å². The fourth-order valence-electron chi connectivity index (χ4n) is 4.28. The molecule has 1 atom stereocenters. The van der Waals surface area contributed by atoms with Gasteiger partial charge in [0.25, 0.3) is 5.91 Å². The molecule has 0 bridgehead atoms. The highest BCUT2D eigenvalue weighted by atomic mass is 16.5. The second-order valence-corrected chi connectivity index (χ2v) is 8.36. The largest absolute Gasteiger partial charge is 0.367 e. The topological polar surface area (TPSA) is 86.4 Å². The number of nitrogens with one attached hydrogen (secondary N) is 3. The van der Waals surface area contributed by atoms with E-state index in [9.17, 15) is 4.79 Å². The number of carbonyl (C=O) groups excluding carboxylic acids is 1. The normalized spacial score (nSPS) is 15.5. The minimum Gasteiger partial charge on any atom is -0.367 e. The number of aromatic amines is 1. The number of aromatic nitrogens is 1. The summed E-state index contributed by atoms with van der Waals surface area (Å²) in [5.74, 6) is -0.540. The Balaban J connectivity index is 1.25. The standard InChI is InChI=1S/C27H31N3O3/c31-26(30-32)14-13-20-9-11-21(12-10-20)17-28-16-15-23-18-29-27-24(23)7-4-8-25(27)33-19-22-5-2-1-3-6-22/h1-3,5-6,9-14,18,25,28-29,32H,4,7-8,15-17,19H2,(H,30,31)/b14-13+. The molecule has 4 N–H and O–H groups in total. The molecule has 33 heavy (non-hydrogen) atoms. The minimum atomic E-state index is -0.540. The fourth-order valence-corrected chi connectivity index (χ4v) is 4.28. The van der Waals surface area contributed by atoms with Crippen molar-refractivity contribution in [3.63, 3.8) is 0 Å². The van der Waals surface area contributed by atoms with Crippen LogP contribution in [-0.2, 0) is 35.5 Å². The molecular formula is C27H31N3O3. The SMILES string of the molecule is O=C(/C=C/c1ccc(CNCCc2c[nH]c3c2CCCC3OCc2ccccc2)cc1)NO. The number of H-pyrrole nitrogens is 1. The van der Waals surface area contributed by atoms with E-state index in [4.69, 9.17) is 9.94 Å². The number of hydroxylamine groups is 1. The van der Waals surface area contributed by atoms with Crippen LogP contribution < -0.4 is 10.8 Å². The maximum atomic E-state index is 11.1. The zero-order valence-corrected chi connectivity index (χ0v) is 18.7. The first-order valence-corrected chi connectivity index (χ1v) is 11.5. The Morgan fingerprint density at radius 3 is 2.73 bits per heavy atom. The molecule has 0 aliphatic heterocycles. The lowest BCUT2D eigenvalue weighted by Gasteiger charge is -2.24. The van der Waals surface area contributed by atoms with Crippen molar-refractivity contribution in [1.29, 1.82) is 0 Å². The predicted octanol–water partition coefficient (Wildman–Crippen LogP) is 4.46. The molecule has 1 unspecified atom stereocenters. The molecule has 0 saturated heterocycles.